The number of carbonyl (C=O) groups is 2. The maximum atomic E-state index is 11.6. The Balaban J connectivity index is 2.43. The van der Waals surface area contributed by atoms with Crippen LogP contribution in [0.3, 0.4) is 0 Å². The number of amides is 1. The molecule has 0 bridgehead atoms. The first-order valence-corrected chi connectivity index (χ1v) is 6.76. The molecule has 1 amide bonds. The zero-order chi connectivity index (χ0) is 16.4. The number of alkyl carbamates (subject to hydrolysis) is 1. The van der Waals surface area contributed by atoms with E-state index in [1.165, 1.54) is 0 Å². The van der Waals surface area contributed by atoms with Crippen molar-refractivity contribution in [1.29, 1.82) is 0 Å². The maximum absolute atomic E-state index is 11.6. The van der Waals surface area contributed by atoms with Crippen molar-refractivity contribution < 1.29 is 19.4 Å². The number of carbonyl (C=O) groups excluding carboxylic acids is 1. The Hall–Kier alpha value is -2.73. The summed E-state index contributed by atoms with van der Waals surface area (Å²) in [5.41, 5.74) is 9.17. The monoisotopic (exact) mass is 306 g/mol. The molecule has 2 atom stereocenters. The molecule has 0 saturated carbocycles. The molecule has 2 N–H and O–H groups in total. The fraction of sp³-hybridized carbons (Fsp3) is 0.429. The third-order valence-corrected chi connectivity index (χ3v) is 3.00. The quantitative estimate of drug-likeness (QED) is 0.435. The smallest absolute Gasteiger partial charge is 0.407 e. The molecule has 0 radical (unpaired) electrons. The van der Waals surface area contributed by atoms with E-state index >= 15 is 0 Å². The molecule has 8 nitrogen and oxygen atoms in total. The molecule has 1 unspecified atom stereocenters. The summed E-state index contributed by atoms with van der Waals surface area (Å²) >= 11 is 0. The number of carboxylic acid groups (broad SMARTS) is 1. The van der Waals surface area contributed by atoms with Crippen LogP contribution in [-0.4, -0.2) is 36.4 Å². The Morgan fingerprint density at radius 3 is 2.68 bits per heavy atom. The lowest BCUT2D eigenvalue weighted by molar-refractivity contribution is -0.139. The van der Waals surface area contributed by atoms with Crippen molar-refractivity contribution in [2.45, 2.75) is 25.3 Å². The summed E-state index contributed by atoms with van der Waals surface area (Å²) in [5, 5.41) is 14.5. The Labute approximate surface area is 127 Å². The highest BCUT2D eigenvalue weighted by Gasteiger charge is 2.20. The average Bonchev–Trinajstić information content (AvgIpc) is 2.52. The summed E-state index contributed by atoms with van der Waals surface area (Å²) in [7, 11) is 0. The van der Waals surface area contributed by atoms with E-state index < -0.39 is 18.1 Å². The Morgan fingerprint density at radius 2 is 2.09 bits per heavy atom. The van der Waals surface area contributed by atoms with E-state index in [9.17, 15) is 9.59 Å². The topological polar surface area (TPSA) is 124 Å². The van der Waals surface area contributed by atoms with E-state index in [2.05, 4.69) is 15.3 Å². The maximum Gasteiger partial charge on any atom is 0.407 e. The first kappa shape index (κ1) is 17.3. The number of hydrogen-bond acceptors (Lipinski definition) is 4. The highest BCUT2D eigenvalue weighted by atomic mass is 16.5. The van der Waals surface area contributed by atoms with E-state index in [0.717, 1.165) is 5.56 Å². The molecular formula is C14H18N4O4. The summed E-state index contributed by atoms with van der Waals surface area (Å²) in [5.74, 6) is -1.21. The van der Waals surface area contributed by atoms with E-state index in [-0.39, 0.29) is 25.5 Å². The first-order valence-electron chi connectivity index (χ1n) is 6.76. The highest BCUT2D eigenvalue weighted by molar-refractivity contribution is 5.79. The van der Waals surface area contributed by atoms with Gasteiger partial charge in [-0.2, -0.15) is 0 Å². The fourth-order valence-electron chi connectivity index (χ4n) is 1.75. The number of nitrogens with zero attached hydrogens (tertiary/aromatic N) is 3. The predicted octanol–water partition coefficient (Wildman–Crippen LogP) is 2.67. The van der Waals surface area contributed by atoms with Crippen LogP contribution in [-0.2, 0) is 9.53 Å². The van der Waals surface area contributed by atoms with Crippen LogP contribution in [0.15, 0.2) is 35.4 Å². The number of carboxylic acids is 1. The third-order valence-electron chi connectivity index (χ3n) is 3.00. The van der Waals surface area contributed by atoms with Gasteiger partial charge < -0.3 is 15.2 Å². The Morgan fingerprint density at radius 1 is 1.41 bits per heavy atom. The van der Waals surface area contributed by atoms with Crippen molar-refractivity contribution in [2.24, 2.45) is 5.11 Å². The van der Waals surface area contributed by atoms with Crippen LogP contribution < -0.4 is 5.32 Å². The van der Waals surface area contributed by atoms with Gasteiger partial charge in [0.1, 0.15) is 6.04 Å². The summed E-state index contributed by atoms with van der Waals surface area (Å²) in [4.78, 5) is 25.1. The summed E-state index contributed by atoms with van der Waals surface area (Å²) in [6.45, 7) is 2.02. The highest BCUT2D eigenvalue weighted by Crippen LogP contribution is 2.14. The molecule has 0 heterocycles. The molecule has 0 aliphatic carbocycles. The lowest BCUT2D eigenvalue weighted by atomic mass is 10.0. The molecule has 22 heavy (non-hydrogen) atoms. The van der Waals surface area contributed by atoms with Gasteiger partial charge in [-0.1, -0.05) is 42.4 Å². The van der Waals surface area contributed by atoms with Crippen LogP contribution in [0.2, 0.25) is 0 Å². The van der Waals surface area contributed by atoms with Crippen molar-refractivity contribution in [1.82, 2.24) is 5.32 Å². The zero-order valence-corrected chi connectivity index (χ0v) is 12.2. The second-order valence-electron chi connectivity index (χ2n) is 4.69. The van der Waals surface area contributed by atoms with Crippen molar-refractivity contribution in [2.75, 3.05) is 13.2 Å². The largest absolute Gasteiger partial charge is 0.480 e. The van der Waals surface area contributed by atoms with Gasteiger partial charge in [0.2, 0.25) is 0 Å². The van der Waals surface area contributed by atoms with Gasteiger partial charge in [-0.05, 0) is 17.5 Å². The van der Waals surface area contributed by atoms with Crippen LogP contribution in [0.4, 0.5) is 4.79 Å². The summed E-state index contributed by atoms with van der Waals surface area (Å²) < 4.78 is 5.03. The molecular weight excluding hydrogens is 288 g/mol. The molecule has 8 heteroatoms. The number of hydrogen-bond donors (Lipinski definition) is 2. The fourth-order valence-corrected chi connectivity index (χ4v) is 1.75. The normalized spacial score (nSPS) is 12.6. The number of azide groups is 1. The lowest BCUT2D eigenvalue weighted by Gasteiger charge is -2.16. The lowest BCUT2D eigenvalue weighted by Crippen LogP contribution is -2.41. The molecule has 0 aliphatic rings. The minimum Gasteiger partial charge on any atom is -0.480 e. The van der Waals surface area contributed by atoms with Gasteiger partial charge in [0.15, 0.2) is 0 Å². The number of aliphatic carboxylic acids is 1. The van der Waals surface area contributed by atoms with Gasteiger partial charge in [0.25, 0.3) is 0 Å². The van der Waals surface area contributed by atoms with Crippen LogP contribution in [0.5, 0.6) is 0 Å². The standard InChI is InChI=1S/C14H18N4O4/c1-10(11-5-3-2-4-6-11)9-22-14(21)17-12(13(19)20)7-8-16-18-15/h2-6,10,12H,7-9H2,1H3,(H,17,21)(H,19,20)/t10?,12-/m0/s1. The number of nitrogens with one attached hydrogen (secondary N) is 1. The number of benzene rings is 1. The first-order chi connectivity index (χ1) is 10.5. The summed E-state index contributed by atoms with van der Waals surface area (Å²) in [6.07, 6.45) is -0.806. The van der Waals surface area contributed by atoms with Gasteiger partial charge in [-0.25, -0.2) is 9.59 Å². The second-order valence-corrected chi connectivity index (χ2v) is 4.69. The van der Waals surface area contributed by atoms with E-state index in [0.29, 0.717) is 0 Å². The molecule has 0 saturated heterocycles. The van der Waals surface area contributed by atoms with Gasteiger partial charge in [0.05, 0.1) is 6.61 Å². The van der Waals surface area contributed by atoms with Crippen LogP contribution >= 0.6 is 0 Å². The molecule has 0 aliphatic heterocycles. The Kier molecular flexibility index (Phi) is 7.28. The van der Waals surface area contributed by atoms with Crippen molar-refractivity contribution in [3.05, 3.63) is 46.3 Å². The second kappa shape index (κ2) is 9.25. The van der Waals surface area contributed by atoms with Gasteiger partial charge >= 0.3 is 12.1 Å². The molecule has 1 aromatic carbocycles. The predicted molar refractivity (Wildman–Crippen MR) is 79.4 cm³/mol. The van der Waals surface area contributed by atoms with Crippen molar-refractivity contribution >= 4 is 12.1 Å². The molecule has 1 rings (SSSR count). The average molecular weight is 306 g/mol. The molecule has 0 spiro atoms. The SMILES string of the molecule is CC(COC(=O)N[C@@H](CCN=[N+]=[N-])C(=O)O)c1ccccc1. The molecule has 0 aromatic heterocycles. The molecule has 118 valence electrons. The molecule has 1 aromatic rings. The number of ether oxygens (including phenoxy) is 1. The van der Waals surface area contributed by atoms with E-state index in [1.54, 1.807) is 0 Å². The third kappa shape index (κ3) is 6.15. The van der Waals surface area contributed by atoms with Gasteiger partial charge in [-0.15, -0.1) is 0 Å². The molecule has 0 fully saturated rings. The minimum absolute atomic E-state index is 0.00147. The van der Waals surface area contributed by atoms with Crippen molar-refractivity contribution in [3.63, 3.8) is 0 Å². The minimum atomic E-state index is -1.21. The zero-order valence-electron chi connectivity index (χ0n) is 12.2. The number of rotatable bonds is 8. The Bertz CT molecular complexity index is 543. The summed E-state index contributed by atoms with van der Waals surface area (Å²) in [6, 6.07) is 8.37. The van der Waals surface area contributed by atoms with Crippen molar-refractivity contribution in [3.8, 4) is 0 Å². The van der Waals surface area contributed by atoms with E-state index in [1.807, 2.05) is 37.3 Å². The van der Waals surface area contributed by atoms with Crippen LogP contribution in [0.25, 0.3) is 10.4 Å². The van der Waals surface area contributed by atoms with E-state index in [4.69, 9.17) is 15.4 Å². The van der Waals surface area contributed by atoms with Gasteiger partial charge in [-0.3, -0.25) is 0 Å². The van der Waals surface area contributed by atoms with Gasteiger partial charge in [0, 0.05) is 17.4 Å². The van der Waals surface area contributed by atoms with Crippen LogP contribution in [0, 0.1) is 0 Å². The van der Waals surface area contributed by atoms with Crippen LogP contribution in [0.1, 0.15) is 24.8 Å².